The van der Waals surface area contributed by atoms with Gasteiger partial charge in [-0.2, -0.15) is 0 Å². The molecule has 40 heavy (non-hydrogen) atoms. The minimum atomic E-state index is -0.501. The maximum absolute atomic E-state index is 13.9. The fourth-order valence-electron chi connectivity index (χ4n) is 6.25. The summed E-state index contributed by atoms with van der Waals surface area (Å²) in [4.78, 5) is 20.4. The average Bonchev–Trinajstić information content (AvgIpc) is 3.67. The summed E-state index contributed by atoms with van der Waals surface area (Å²) in [5, 5.41) is 15.4. The lowest BCUT2D eigenvalue weighted by Gasteiger charge is -2.22. The third-order valence-electron chi connectivity index (χ3n) is 8.16. The van der Waals surface area contributed by atoms with E-state index in [4.69, 9.17) is 10.7 Å². The van der Waals surface area contributed by atoms with Crippen LogP contribution in [0.15, 0.2) is 78.9 Å². The van der Waals surface area contributed by atoms with Gasteiger partial charge in [0, 0.05) is 46.3 Å². The van der Waals surface area contributed by atoms with E-state index in [0.717, 1.165) is 52.3 Å². The molecule has 1 amide bonds. The fourth-order valence-corrected chi connectivity index (χ4v) is 6.25. The number of hydrogen-bond acceptors (Lipinski definition) is 4. The van der Waals surface area contributed by atoms with Gasteiger partial charge in [0.15, 0.2) is 0 Å². The van der Waals surface area contributed by atoms with Crippen LogP contribution < -0.4 is 11.1 Å². The molecular weight excluding hydrogens is 505 g/mol. The average molecular weight is 534 g/mol. The number of hydrogen-bond donors (Lipinski definition) is 4. The number of H-pyrrole nitrogens is 1. The van der Waals surface area contributed by atoms with Crippen LogP contribution in [-0.4, -0.2) is 38.2 Å². The van der Waals surface area contributed by atoms with Crippen LogP contribution in [0.5, 0.6) is 0 Å². The first kappa shape index (κ1) is 24.4. The second-order valence-electron chi connectivity index (χ2n) is 10.5. The third-order valence-corrected chi connectivity index (χ3v) is 8.16. The van der Waals surface area contributed by atoms with Crippen LogP contribution in [0, 0.1) is 11.7 Å². The number of primary amides is 1. The SMILES string of the molecule is NC(=O)c1ccc(-n2c3ccccc3c3c(-c4nc5ccc(F)cc5[nH]4)cccc32)cc1NC1CCC[C@H]1CO. The first-order chi connectivity index (χ1) is 19.5. The summed E-state index contributed by atoms with van der Waals surface area (Å²) < 4.78 is 16.1. The standard InChI is InChI=1S/C32H28FN5O2/c33-19-11-14-25-27(15-19)37-32(36-25)23-7-4-10-29-30(23)22-6-1-2-9-28(22)38(29)20-12-13-21(31(34)40)26(16-20)35-24-8-3-5-18(24)17-39/h1-2,4,6-7,9-16,18,24,35,39H,3,5,8,17H2,(H2,34,40)(H,36,37)/t18-,24?/m0/s1. The highest BCUT2D eigenvalue weighted by atomic mass is 19.1. The number of anilines is 1. The van der Waals surface area contributed by atoms with Crippen molar-refractivity contribution in [3.8, 4) is 17.1 Å². The second-order valence-corrected chi connectivity index (χ2v) is 10.5. The Labute approximate surface area is 229 Å². The highest BCUT2D eigenvalue weighted by molar-refractivity contribution is 6.15. The van der Waals surface area contributed by atoms with Crippen molar-refractivity contribution in [1.82, 2.24) is 14.5 Å². The number of fused-ring (bicyclic) bond motifs is 4. The molecule has 6 aromatic rings. The van der Waals surface area contributed by atoms with Crippen LogP contribution >= 0.6 is 0 Å². The molecule has 7 nitrogen and oxygen atoms in total. The molecule has 1 aliphatic rings. The zero-order valence-corrected chi connectivity index (χ0v) is 21.7. The molecule has 2 aromatic heterocycles. The molecule has 7 rings (SSSR count). The highest BCUT2D eigenvalue weighted by Crippen LogP contribution is 2.39. The van der Waals surface area contributed by atoms with Gasteiger partial charge in [0.1, 0.15) is 11.6 Å². The van der Waals surface area contributed by atoms with Crippen molar-refractivity contribution in [2.45, 2.75) is 25.3 Å². The van der Waals surface area contributed by atoms with Crippen molar-refractivity contribution in [2.24, 2.45) is 11.7 Å². The molecule has 4 aromatic carbocycles. The van der Waals surface area contributed by atoms with E-state index >= 15 is 0 Å². The number of aliphatic hydroxyl groups is 1. The van der Waals surface area contributed by atoms with E-state index in [-0.39, 0.29) is 24.4 Å². The smallest absolute Gasteiger partial charge is 0.250 e. The highest BCUT2D eigenvalue weighted by Gasteiger charge is 2.28. The number of rotatable bonds is 6. The second kappa shape index (κ2) is 9.50. The molecule has 8 heteroatoms. The number of imidazole rings is 1. The quantitative estimate of drug-likeness (QED) is 0.206. The number of aromatic nitrogens is 3. The van der Waals surface area contributed by atoms with Gasteiger partial charge >= 0.3 is 0 Å². The number of para-hydroxylation sites is 1. The summed E-state index contributed by atoms with van der Waals surface area (Å²) in [7, 11) is 0. The predicted octanol–water partition coefficient (Wildman–Crippen LogP) is 6.14. The molecule has 1 unspecified atom stereocenters. The van der Waals surface area contributed by atoms with E-state index in [0.29, 0.717) is 28.1 Å². The first-order valence-corrected chi connectivity index (χ1v) is 13.5. The Morgan fingerprint density at radius 1 is 1.05 bits per heavy atom. The van der Waals surface area contributed by atoms with Crippen molar-refractivity contribution in [3.05, 3.63) is 90.2 Å². The molecule has 0 aliphatic heterocycles. The summed E-state index contributed by atoms with van der Waals surface area (Å²) in [6.07, 6.45) is 2.90. The number of amides is 1. The molecule has 0 saturated heterocycles. The van der Waals surface area contributed by atoms with Crippen LogP contribution in [0.3, 0.4) is 0 Å². The molecule has 5 N–H and O–H groups in total. The van der Waals surface area contributed by atoms with Crippen LogP contribution in [0.2, 0.25) is 0 Å². The van der Waals surface area contributed by atoms with Gasteiger partial charge in [0.2, 0.25) is 0 Å². The van der Waals surface area contributed by atoms with E-state index in [1.54, 1.807) is 12.1 Å². The molecule has 1 saturated carbocycles. The molecule has 0 bridgehead atoms. The number of halogens is 1. The Kier molecular flexibility index (Phi) is 5.78. The van der Waals surface area contributed by atoms with E-state index in [1.165, 1.54) is 12.1 Å². The van der Waals surface area contributed by atoms with Crippen LogP contribution in [-0.2, 0) is 0 Å². The zero-order chi connectivity index (χ0) is 27.4. The van der Waals surface area contributed by atoms with Gasteiger partial charge in [-0.3, -0.25) is 4.79 Å². The number of carbonyl (C=O) groups excluding carboxylic acids is 1. The van der Waals surface area contributed by atoms with Gasteiger partial charge in [0.25, 0.3) is 5.91 Å². The topological polar surface area (TPSA) is 109 Å². The number of nitrogens with two attached hydrogens (primary N) is 1. The summed E-state index contributed by atoms with van der Waals surface area (Å²) >= 11 is 0. The molecule has 200 valence electrons. The van der Waals surface area contributed by atoms with Gasteiger partial charge in [-0.25, -0.2) is 9.37 Å². The van der Waals surface area contributed by atoms with Crippen LogP contribution in [0.4, 0.5) is 10.1 Å². The van der Waals surface area contributed by atoms with Crippen molar-refractivity contribution in [1.29, 1.82) is 0 Å². The Morgan fingerprint density at radius 3 is 2.75 bits per heavy atom. The summed E-state index contributed by atoms with van der Waals surface area (Å²) in [5.41, 5.74) is 11.9. The molecule has 0 radical (unpaired) electrons. The lowest BCUT2D eigenvalue weighted by atomic mass is 10.0. The molecule has 0 spiro atoms. The van der Waals surface area contributed by atoms with E-state index < -0.39 is 5.91 Å². The van der Waals surface area contributed by atoms with Crippen molar-refractivity contribution in [2.75, 3.05) is 11.9 Å². The Balaban J connectivity index is 1.43. The molecule has 1 fully saturated rings. The van der Waals surface area contributed by atoms with Gasteiger partial charge < -0.3 is 25.7 Å². The predicted molar refractivity (Wildman–Crippen MR) is 156 cm³/mol. The van der Waals surface area contributed by atoms with Gasteiger partial charge in [-0.1, -0.05) is 36.8 Å². The number of aliphatic hydroxyl groups excluding tert-OH is 1. The molecular formula is C32H28FN5O2. The van der Waals surface area contributed by atoms with Gasteiger partial charge in [-0.05, 0) is 61.4 Å². The Bertz CT molecular complexity index is 1920. The van der Waals surface area contributed by atoms with E-state index in [9.17, 15) is 14.3 Å². The molecule has 2 atom stereocenters. The number of aromatic amines is 1. The fraction of sp³-hybridized carbons (Fsp3) is 0.188. The number of nitrogens with one attached hydrogen (secondary N) is 2. The summed E-state index contributed by atoms with van der Waals surface area (Å²) in [6, 6.07) is 24.5. The first-order valence-electron chi connectivity index (χ1n) is 13.5. The van der Waals surface area contributed by atoms with Crippen LogP contribution in [0.25, 0.3) is 49.9 Å². The number of carbonyl (C=O) groups is 1. The largest absolute Gasteiger partial charge is 0.396 e. The van der Waals surface area contributed by atoms with Crippen LogP contribution in [0.1, 0.15) is 29.6 Å². The normalized spacial score (nSPS) is 17.2. The minimum Gasteiger partial charge on any atom is -0.396 e. The van der Waals surface area contributed by atoms with E-state index in [1.807, 2.05) is 36.4 Å². The van der Waals surface area contributed by atoms with Crippen molar-refractivity contribution >= 4 is 44.4 Å². The van der Waals surface area contributed by atoms with Crippen molar-refractivity contribution < 1.29 is 14.3 Å². The molecule has 2 heterocycles. The van der Waals surface area contributed by atoms with Gasteiger partial charge in [0.05, 0.1) is 27.6 Å². The summed E-state index contributed by atoms with van der Waals surface area (Å²) in [5.74, 6) is -0.0167. The zero-order valence-electron chi connectivity index (χ0n) is 21.7. The van der Waals surface area contributed by atoms with Gasteiger partial charge in [-0.15, -0.1) is 0 Å². The van der Waals surface area contributed by atoms with Crippen molar-refractivity contribution in [3.63, 3.8) is 0 Å². The maximum Gasteiger partial charge on any atom is 0.250 e. The summed E-state index contributed by atoms with van der Waals surface area (Å²) in [6.45, 7) is 0.105. The third kappa shape index (κ3) is 3.91. The Hall–Kier alpha value is -4.69. The molecule has 1 aliphatic carbocycles. The number of benzene rings is 4. The number of nitrogens with zero attached hydrogens (tertiary/aromatic N) is 2. The monoisotopic (exact) mass is 533 g/mol. The lowest BCUT2D eigenvalue weighted by Crippen LogP contribution is -2.28. The minimum absolute atomic E-state index is 0.0704. The maximum atomic E-state index is 13.9. The van der Waals surface area contributed by atoms with E-state index in [2.05, 4.69) is 33.1 Å². The lowest BCUT2D eigenvalue weighted by molar-refractivity contribution is 0.100. The Morgan fingerprint density at radius 2 is 1.90 bits per heavy atom.